The van der Waals surface area contributed by atoms with E-state index in [1.807, 2.05) is 30.3 Å². The summed E-state index contributed by atoms with van der Waals surface area (Å²) < 4.78 is 15.6. The normalized spacial score (nSPS) is 10.3. The lowest BCUT2D eigenvalue weighted by Gasteiger charge is -2.10. The Morgan fingerprint density at radius 2 is 1.58 bits per heavy atom. The van der Waals surface area contributed by atoms with Gasteiger partial charge in [-0.2, -0.15) is 0 Å². The summed E-state index contributed by atoms with van der Waals surface area (Å²) in [6, 6.07) is 13.2. The number of carbonyl (C=O) groups excluding carboxylic acids is 1. The fourth-order valence-corrected chi connectivity index (χ4v) is 2.38. The fourth-order valence-electron chi connectivity index (χ4n) is 2.38. The van der Waals surface area contributed by atoms with Crippen molar-refractivity contribution >= 4 is 5.91 Å². The lowest BCUT2D eigenvalue weighted by atomic mass is 10.1. The lowest BCUT2D eigenvalue weighted by molar-refractivity contribution is 0.0954. The van der Waals surface area contributed by atoms with Crippen LogP contribution in [-0.2, 0) is 17.8 Å². The molecule has 0 aliphatic rings. The molecule has 0 aliphatic carbocycles. The average molecular weight is 329 g/mol. The van der Waals surface area contributed by atoms with Crippen molar-refractivity contribution in [1.29, 1.82) is 0 Å². The molecule has 2 aromatic carbocycles. The minimum atomic E-state index is -0.0838. The van der Waals surface area contributed by atoms with E-state index in [-0.39, 0.29) is 5.91 Å². The van der Waals surface area contributed by atoms with Crippen molar-refractivity contribution in [3.63, 3.8) is 0 Å². The lowest BCUT2D eigenvalue weighted by Crippen LogP contribution is -2.25. The molecule has 2 aromatic rings. The first kappa shape index (κ1) is 17.8. The van der Waals surface area contributed by atoms with Crippen molar-refractivity contribution in [1.82, 2.24) is 5.32 Å². The molecule has 0 saturated carbocycles. The molecule has 0 aliphatic heterocycles. The molecule has 0 radical (unpaired) electrons. The molecule has 0 heterocycles. The minimum Gasteiger partial charge on any atom is -0.493 e. The molecule has 1 amide bonds. The summed E-state index contributed by atoms with van der Waals surface area (Å²) in [6.07, 6.45) is 0.716. The van der Waals surface area contributed by atoms with Gasteiger partial charge in [0.1, 0.15) is 0 Å². The molecule has 0 saturated heterocycles. The van der Waals surface area contributed by atoms with Crippen LogP contribution in [0.25, 0.3) is 0 Å². The largest absolute Gasteiger partial charge is 0.493 e. The predicted octanol–water partition coefficient (Wildman–Crippen LogP) is 2.82. The minimum absolute atomic E-state index is 0.0838. The summed E-state index contributed by atoms with van der Waals surface area (Å²) >= 11 is 0. The monoisotopic (exact) mass is 329 g/mol. The van der Waals surface area contributed by atoms with Gasteiger partial charge in [-0.05, 0) is 41.8 Å². The molecule has 0 bridgehead atoms. The highest BCUT2D eigenvalue weighted by Crippen LogP contribution is 2.27. The van der Waals surface area contributed by atoms with Gasteiger partial charge in [-0.15, -0.1) is 0 Å². The molecule has 0 atom stereocenters. The first-order valence-electron chi connectivity index (χ1n) is 7.75. The van der Waals surface area contributed by atoms with Crippen LogP contribution in [0.5, 0.6) is 11.5 Å². The zero-order valence-electron chi connectivity index (χ0n) is 14.3. The molecule has 0 spiro atoms. The highest BCUT2D eigenvalue weighted by Gasteiger charge is 2.07. The Bertz CT molecular complexity index is 668. The van der Waals surface area contributed by atoms with Crippen LogP contribution < -0.4 is 14.8 Å². The molecule has 0 fully saturated rings. The molecular formula is C19H23NO4. The molecule has 2 rings (SSSR count). The number of nitrogens with one attached hydrogen (secondary N) is 1. The Balaban J connectivity index is 1.88. The third kappa shape index (κ3) is 4.73. The van der Waals surface area contributed by atoms with Gasteiger partial charge < -0.3 is 19.5 Å². The topological polar surface area (TPSA) is 56.8 Å². The van der Waals surface area contributed by atoms with Crippen LogP contribution in [0.1, 0.15) is 21.5 Å². The van der Waals surface area contributed by atoms with Crippen LogP contribution in [-0.4, -0.2) is 33.8 Å². The Morgan fingerprint density at radius 1 is 0.917 bits per heavy atom. The second kappa shape index (κ2) is 8.93. The van der Waals surface area contributed by atoms with Crippen LogP contribution in [0.4, 0.5) is 0 Å². The van der Waals surface area contributed by atoms with E-state index in [2.05, 4.69) is 5.32 Å². The van der Waals surface area contributed by atoms with Crippen molar-refractivity contribution in [2.24, 2.45) is 0 Å². The number of ether oxygens (including phenoxy) is 3. The first-order valence-corrected chi connectivity index (χ1v) is 7.75. The van der Waals surface area contributed by atoms with E-state index in [9.17, 15) is 4.79 Å². The molecule has 0 unspecified atom stereocenters. The maximum Gasteiger partial charge on any atom is 0.251 e. The Hall–Kier alpha value is -2.53. The number of methoxy groups -OCH3 is 3. The first-order chi connectivity index (χ1) is 11.7. The number of benzene rings is 2. The summed E-state index contributed by atoms with van der Waals surface area (Å²) in [6.45, 7) is 1.09. The Labute approximate surface area is 142 Å². The van der Waals surface area contributed by atoms with Crippen LogP contribution in [0.2, 0.25) is 0 Å². The van der Waals surface area contributed by atoms with E-state index in [0.29, 0.717) is 36.6 Å². The van der Waals surface area contributed by atoms with Crippen molar-refractivity contribution in [3.05, 3.63) is 59.2 Å². The summed E-state index contributed by atoms with van der Waals surface area (Å²) in [5.74, 6) is 1.30. The van der Waals surface area contributed by atoms with E-state index in [1.165, 1.54) is 0 Å². The van der Waals surface area contributed by atoms with Gasteiger partial charge in [-0.25, -0.2) is 0 Å². The third-order valence-corrected chi connectivity index (χ3v) is 3.67. The molecule has 5 nitrogen and oxygen atoms in total. The van der Waals surface area contributed by atoms with Gasteiger partial charge >= 0.3 is 0 Å². The second-order valence-electron chi connectivity index (χ2n) is 5.33. The number of rotatable bonds is 8. The van der Waals surface area contributed by atoms with Crippen LogP contribution >= 0.6 is 0 Å². The van der Waals surface area contributed by atoms with E-state index in [0.717, 1.165) is 11.1 Å². The van der Waals surface area contributed by atoms with Crippen molar-refractivity contribution in [3.8, 4) is 11.5 Å². The molecule has 0 aromatic heterocycles. The Morgan fingerprint density at radius 3 is 2.21 bits per heavy atom. The highest BCUT2D eigenvalue weighted by molar-refractivity contribution is 5.94. The van der Waals surface area contributed by atoms with Gasteiger partial charge in [0.15, 0.2) is 11.5 Å². The number of carbonyl (C=O) groups is 1. The zero-order chi connectivity index (χ0) is 17.4. The van der Waals surface area contributed by atoms with E-state index in [1.54, 1.807) is 33.5 Å². The quantitative estimate of drug-likeness (QED) is 0.809. The van der Waals surface area contributed by atoms with Crippen molar-refractivity contribution in [2.75, 3.05) is 27.9 Å². The number of amides is 1. The molecule has 5 heteroatoms. The SMILES string of the molecule is COCc1ccc(C(=O)NCCc2ccc(OC)c(OC)c2)cc1. The summed E-state index contributed by atoms with van der Waals surface area (Å²) in [5, 5.41) is 2.92. The summed E-state index contributed by atoms with van der Waals surface area (Å²) in [4.78, 5) is 12.1. The zero-order valence-corrected chi connectivity index (χ0v) is 14.3. The smallest absolute Gasteiger partial charge is 0.251 e. The maximum atomic E-state index is 12.1. The fraction of sp³-hybridized carbons (Fsp3) is 0.316. The maximum absolute atomic E-state index is 12.1. The van der Waals surface area contributed by atoms with E-state index < -0.39 is 0 Å². The Kier molecular flexibility index (Phi) is 6.63. The average Bonchev–Trinajstić information content (AvgIpc) is 2.62. The van der Waals surface area contributed by atoms with Gasteiger partial charge in [0.2, 0.25) is 0 Å². The molecule has 128 valence electrons. The molecule has 24 heavy (non-hydrogen) atoms. The predicted molar refractivity (Wildman–Crippen MR) is 92.7 cm³/mol. The van der Waals surface area contributed by atoms with Gasteiger partial charge in [0, 0.05) is 19.2 Å². The van der Waals surface area contributed by atoms with Crippen LogP contribution in [0.15, 0.2) is 42.5 Å². The number of hydrogen-bond donors (Lipinski definition) is 1. The standard InChI is InChI=1S/C19H23NO4/c1-22-13-15-4-7-16(8-5-15)19(21)20-11-10-14-6-9-17(23-2)18(12-14)24-3/h4-9,12H,10-11,13H2,1-3H3,(H,20,21). The van der Waals surface area contributed by atoms with Crippen LogP contribution in [0, 0.1) is 0 Å². The summed E-state index contributed by atoms with van der Waals surface area (Å²) in [7, 11) is 4.86. The van der Waals surface area contributed by atoms with Gasteiger partial charge in [-0.1, -0.05) is 18.2 Å². The summed E-state index contributed by atoms with van der Waals surface area (Å²) in [5.41, 5.74) is 2.75. The van der Waals surface area contributed by atoms with Gasteiger partial charge in [0.25, 0.3) is 5.91 Å². The van der Waals surface area contributed by atoms with Crippen molar-refractivity contribution in [2.45, 2.75) is 13.0 Å². The van der Waals surface area contributed by atoms with Crippen LogP contribution in [0.3, 0.4) is 0 Å². The molecule has 1 N–H and O–H groups in total. The highest BCUT2D eigenvalue weighted by atomic mass is 16.5. The third-order valence-electron chi connectivity index (χ3n) is 3.67. The van der Waals surface area contributed by atoms with E-state index >= 15 is 0 Å². The number of hydrogen-bond acceptors (Lipinski definition) is 4. The van der Waals surface area contributed by atoms with Gasteiger partial charge in [-0.3, -0.25) is 4.79 Å². The van der Waals surface area contributed by atoms with E-state index in [4.69, 9.17) is 14.2 Å². The molecular weight excluding hydrogens is 306 g/mol. The second-order valence-corrected chi connectivity index (χ2v) is 5.33. The van der Waals surface area contributed by atoms with Crippen molar-refractivity contribution < 1.29 is 19.0 Å². The van der Waals surface area contributed by atoms with Gasteiger partial charge in [0.05, 0.1) is 20.8 Å².